The average Bonchev–Trinajstić information content (AvgIpc) is 2.75. The van der Waals surface area contributed by atoms with E-state index in [0.29, 0.717) is 11.6 Å². The summed E-state index contributed by atoms with van der Waals surface area (Å²) in [5.41, 5.74) is 6.05. The number of aromatic nitrogens is 2. The van der Waals surface area contributed by atoms with Gasteiger partial charge in [-0.05, 0) is 30.2 Å². The molecule has 20 heavy (non-hydrogen) atoms. The maximum absolute atomic E-state index is 12.1. The molecule has 0 saturated carbocycles. The minimum absolute atomic E-state index is 0.146. The zero-order valence-electron chi connectivity index (χ0n) is 11.2. The Hall–Kier alpha value is -1.67. The molecule has 6 nitrogen and oxygen atoms in total. The second-order valence-electron chi connectivity index (χ2n) is 4.77. The van der Waals surface area contributed by atoms with Crippen LogP contribution < -0.4 is 10.5 Å². The topological polar surface area (TPSA) is 98.0 Å². The van der Waals surface area contributed by atoms with Crippen LogP contribution >= 0.6 is 11.3 Å². The summed E-state index contributed by atoms with van der Waals surface area (Å²) in [6.45, 7) is 4.14. The van der Waals surface area contributed by atoms with Crippen LogP contribution in [0.25, 0.3) is 0 Å². The second kappa shape index (κ2) is 5.76. The smallest absolute Gasteiger partial charge is 0.263 e. The minimum atomic E-state index is -3.64. The Bertz CT molecular complexity index is 678. The van der Waals surface area contributed by atoms with Crippen LogP contribution in [0.2, 0.25) is 0 Å². The summed E-state index contributed by atoms with van der Waals surface area (Å²) in [4.78, 5) is 0.146. The predicted molar refractivity (Wildman–Crippen MR) is 80.1 cm³/mol. The quantitative estimate of drug-likeness (QED) is 0.824. The Kier molecular flexibility index (Phi) is 4.24. The van der Waals surface area contributed by atoms with Crippen molar-refractivity contribution >= 4 is 32.2 Å². The first kappa shape index (κ1) is 14.7. The van der Waals surface area contributed by atoms with Gasteiger partial charge in [0.05, 0.1) is 4.90 Å². The van der Waals surface area contributed by atoms with Crippen LogP contribution in [-0.4, -0.2) is 18.6 Å². The number of hydrogen-bond donors (Lipinski definition) is 2. The highest BCUT2D eigenvalue weighted by Gasteiger charge is 2.16. The molecular formula is C12H16N4O2S2. The highest BCUT2D eigenvalue weighted by Crippen LogP contribution is 2.22. The third-order valence-corrected chi connectivity index (χ3v) is 4.81. The molecule has 0 aliphatic heterocycles. The third-order valence-electron chi connectivity index (χ3n) is 2.46. The van der Waals surface area contributed by atoms with Crippen molar-refractivity contribution in [3.8, 4) is 0 Å². The van der Waals surface area contributed by atoms with Gasteiger partial charge in [0.1, 0.15) is 5.01 Å². The molecule has 0 fully saturated rings. The van der Waals surface area contributed by atoms with Crippen LogP contribution in [0.1, 0.15) is 18.9 Å². The van der Waals surface area contributed by atoms with E-state index in [9.17, 15) is 8.42 Å². The zero-order chi connectivity index (χ0) is 14.8. The van der Waals surface area contributed by atoms with Gasteiger partial charge in [0.25, 0.3) is 10.0 Å². The van der Waals surface area contributed by atoms with E-state index in [1.807, 2.05) is 0 Å². The summed E-state index contributed by atoms with van der Waals surface area (Å²) in [6, 6.07) is 5.99. The molecule has 0 bridgehead atoms. The Balaban J connectivity index is 2.16. The predicted octanol–water partition coefficient (Wildman–Crippen LogP) is 2.12. The fourth-order valence-electron chi connectivity index (χ4n) is 1.55. The van der Waals surface area contributed by atoms with Crippen LogP contribution in [0.4, 0.5) is 10.8 Å². The summed E-state index contributed by atoms with van der Waals surface area (Å²) in [7, 11) is -3.64. The zero-order valence-corrected chi connectivity index (χ0v) is 12.8. The SMILES string of the molecule is CC(C)Cc1nnc(NS(=O)(=O)c2ccc(N)cc2)s1. The van der Waals surface area contributed by atoms with Gasteiger partial charge >= 0.3 is 0 Å². The van der Waals surface area contributed by atoms with E-state index in [2.05, 4.69) is 28.8 Å². The Morgan fingerprint density at radius 1 is 1.25 bits per heavy atom. The van der Waals surface area contributed by atoms with Crippen LogP contribution in [0.5, 0.6) is 0 Å². The first-order valence-electron chi connectivity index (χ1n) is 6.07. The van der Waals surface area contributed by atoms with Gasteiger partial charge in [-0.3, -0.25) is 4.72 Å². The van der Waals surface area contributed by atoms with Gasteiger partial charge in [-0.25, -0.2) is 8.42 Å². The Morgan fingerprint density at radius 3 is 2.50 bits per heavy atom. The van der Waals surface area contributed by atoms with Crippen LogP contribution in [-0.2, 0) is 16.4 Å². The normalized spacial score (nSPS) is 11.8. The van der Waals surface area contributed by atoms with Gasteiger partial charge in [-0.15, -0.1) is 10.2 Å². The van der Waals surface area contributed by atoms with Gasteiger partial charge in [0, 0.05) is 12.1 Å². The number of nitrogen functional groups attached to an aromatic ring is 1. The molecule has 0 aliphatic rings. The standard InChI is InChI=1S/C12H16N4O2S2/c1-8(2)7-11-14-15-12(19-11)16-20(17,18)10-5-3-9(13)4-6-10/h3-6,8H,7,13H2,1-2H3,(H,15,16). The lowest BCUT2D eigenvalue weighted by atomic mass is 10.1. The van der Waals surface area contributed by atoms with Crippen molar-refractivity contribution in [1.29, 1.82) is 0 Å². The molecule has 108 valence electrons. The molecule has 0 spiro atoms. The molecule has 3 N–H and O–H groups in total. The molecular weight excluding hydrogens is 296 g/mol. The fourth-order valence-corrected chi connectivity index (χ4v) is 3.73. The lowest BCUT2D eigenvalue weighted by Crippen LogP contribution is -2.12. The molecule has 0 radical (unpaired) electrons. The van der Waals surface area contributed by atoms with Crippen molar-refractivity contribution < 1.29 is 8.42 Å². The van der Waals surface area contributed by atoms with Gasteiger partial charge in [-0.2, -0.15) is 0 Å². The summed E-state index contributed by atoms with van der Waals surface area (Å²) in [5.74, 6) is 0.449. The number of sulfonamides is 1. The molecule has 0 unspecified atom stereocenters. The highest BCUT2D eigenvalue weighted by atomic mass is 32.2. The maximum Gasteiger partial charge on any atom is 0.263 e. The van der Waals surface area contributed by atoms with E-state index in [-0.39, 0.29) is 10.0 Å². The summed E-state index contributed by atoms with van der Waals surface area (Å²) >= 11 is 1.25. The summed E-state index contributed by atoms with van der Waals surface area (Å²) in [6.07, 6.45) is 0.779. The molecule has 1 aromatic heterocycles. The molecule has 8 heteroatoms. The number of benzene rings is 1. The number of rotatable bonds is 5. The number of nitrogens with zero attached hydrogens (tertiary/aromatic N) is 2. The van der Waals surface area contributed by atoms with Gasteiger partial charge in [0.15, 0.2) is 0 Å². The van der Waals surface area contributed by atoms with Crippen LogP contribution in [0.15, 0.2) is 29.2 Å². The molecule has 2 rings (SSSR count). The van der Waals surface area contributed by atoms with Gasteiger partial charge in [0.2, 0.25) is 5.13 Å². The monoisotopic (exact) mass is 312 g/mol. The van der Waals surface area contributed by atoms with E-state index >= 15 is 0 Å². The molecule has 0 saturated heterocycles. The van der Waals surface area contributed by atoms with E-state index in [4.69, 9.17) is 5.73 Å². The van der Waals surface area contributed by atoms with Gasteiger partial charge in [-0.1, -0.05) is 25.2 Å². The fraction of sp³-hybridized carbons (Fsp3) is 0.333. The van der Waals surface area contributed by atoms with Crippen molar-refractivity contribution in [2.75, 3.05) is 10.5 Å². The summed E-state index contributed by atoms with van der Waals surface area (Å²) < 4.78 is 26.7. The van der Waals surface area contributed by atoms with Crippen molar-refractivity contribution in [2.45, 2.75) is 25.2 Å². The Morgan fingerprint density at radius 2 is 1.90 bits per heavy atom. The molecule has 0 amide bonds. The first-order chi connectivity index (χ1) is 9.37. The van der Waals surface area contributed by atoms with E-state index < -0.39 is 10.0 Å². The molecule has 1 aromatic carbocycles. The van der Waals surface area contributed by atoms with E-state index in [1.165, 1.54) is 23.5 Å². The van der Waals surface area contributed by atoms with Crippen molar-refractivity contribution in [1.82, 2.24) is 10.2 Å². The molecule has 0 aliphatic carbocycles. The van der Waals surface area contributed by atoms with Crippen molar-refractivity contribution in [3.63, 3.8) is 0 Å². The first-order valence-corrected chi connectivity index (χ1v) is 8.37. The lowest BCUT2D eigenvalue weighted by molar-refractivity contribution is 0.601. The number of nitrogens with two attached hydrogens (primary N) is 1. The Labute approximate surface area is 122 Å². The largest absolute Gasteiger partial charge is 0.399 e. The lowest BCUT2D eigenvalue weighted by Gasteiger charge is -2.04. The van der Waals surface area contributed by atoms with Crippen LogP contribution in [0.3, 0.4) is 0 Å². The third kappa shape index (κ3) is 3.67. The van der Waals surface area contributed by atoms with Crippen molar-refractivity contribution in [3.05, 3.63) is 29.3 Å². The second-order valence-corrected chi connectivity index (χ2v) is 7.52. The maximum atomic E-state index is 12.1. The van der Waals surface area contributed by atoms with Gasteiger partial charge < -0.3 is 5.73 Å². The molecule has 1 heterocycles. The summed E-state index contributed by atoms with van der Waals surface area (Å²) in [5, 5.41) is 8.91. The highest BCUT2D eigenvalue weighted by molar-refractivity contribution is 7.93. The molecule has 2 aromatic rings. The molecule has 0 atom stereocenters. The number of nitrogens with one attached hydrogen (secondary N) is 1. The van der Waals surface area contributed by atoms with E-state index in [0.717, 1.165) is 11.4 Å². The number of anilines is 2. The minimum Gasteiger partial charge on any atom is -0.399 e. The van der Waals surface area contributed by atoms with Crippen molar-refractivity contribution in [2.24, 2.45) is 5.92 Å². The van der Waals surface area contributed by atoms with Crippen LogP contribution in [0, 0.1) is 5.92 Å². The average molecular weight is 312 g/mol. The van der Waals surface area contributed by atoms with E-state index in [1.54, 1.807) is 12.1 Å². The number of hydrogen-bond acceptors (Lipinski definition) is 6.